The molecule has 86 valence electrons. The van der Waals surface area contributed by atoms with Gasteiger partial charge in [0.25, 0.3) is 0 Å². The average molecular weight is 283 g/mol. The van der Waals surface area contributed by atoms with Gasteiger partial charge in [-0.25, -0.2) is 0 Å². The Bertz CT molecular complexity index is 662. The highest BCUT2D eigenvalue weighted by atomic mass is 35.5. The molecule has 3 rings (SSSR count). The highest BCUT2D eigenvalue weighted by molar-refractivity contribution is 7.28. The standard InChI is InChI=1S/C11H7ClN2OS2/c1-14-10(6(12)5-13-14)11(15)9-4-8-7(17-9)2-3-16-8/h2-5H,1H3. The van der Waals surface area contributed by atoms with Gasteiger partial charge in [0.2, 0.25) is 5.78 Å². The van der Waals surface area contributed by atoms with Gasteiger partial charge in [-0.05, 0) is 17.5 Å². The molecule has 17 heavy (non-hydrogen) atoms. The molecule has 0 bridgehead atoms. The van der Waals surface area contributed by atoms with E-state index >= 15 is 0 Å². The molecule has 3 heterocycles. The molecule has 0 atom stereocenters. The van der Waals surface area contributed by atoms with Crippen molar-refractivity contribution in [1.29, 1.82) is 0 Å². The molecule has 0 saturated carbocycles. The van der Waals surface area contributed by atoms with E-state index in [-0.39, 0.29) is 5.78 Å². The van der Waals surface area contributed by atoms with E-state index in [9.17, 15) is 4.79 Å². The number of aromatic nitrogens is 2. The first-order valence-electron chi connectivity index (χ1n) is 4.86. The largest absolute Gasteiger partial charge is 0.286 e. The zero-order valence-corrected chi connectivity index (χ0v) is 11.2. The molecule has 0 radical (unpaired) electrons. The summed E-state index contributed by atoms with van der Waals surface area (Å²) in [5, 5.41) is 6.39. The quantitative estimate of drug-likeness (QED) is 0.674. The summed E-state index contributed by atoms with van der Waals surface area (Å²) < 4.78 is 3.78. The summed E-state index contributed by atoms with van der Waals surface area (Å²) in [6, 6.07) is 3.93. The molecule has 0 N–H and O–H groups in total. The summed E-state index contributed by atoms with van der Waals surface area (Å²) in [5.74, 6) is -0.0663. The summed E-state index contributed by atoms with van der Waals surface area (Å²) in [4.78, 5) is 13.0. The van der Waals surface area contributed by atoms with Crippen molar-refractivity contribution in [2.75, 3.05) is 0 Å². The van der Waals surface area contributed by atoms with Gasteiger partial charge in [-0.15, -0.1) is 22.7 Å². The van der Waals surface area contributed by atoms with Crippen LogP contribution < -0.4 is 0 Å². The van der Waals surface area contributed by atoms with Gasteiger partial charge in [0.05, 0.1) is 16.1 Å². The molecular formula is C11H7ClN2OS2. The fraction of sp³-hybridized carbons (Fsp3) is 0.0909. The van der Waals surface area contributed by atoms with E-state index in [4.69, 9.17) is 11.6 Å². The summed E-state index contributed by atoms with van der Waals surface area (Å²) in [7, 11) is 1.72. The number of carbonyl (C=O) groups is 1. The van der Waals surface area contributed by atoms with E-state index in [2.05, 4.69) is 5.10 Å². The molecule has 0 aliphatic rings. The third-order valence-electron chi connectivity index (χ3n) is 2.47. The van der Waals surface area contributed by atoms with Crippen LogP contribution in [-0.2, 0) is 7.05 Å². The second kappa shape index (κ2) is 3.94. The lowest BCUT2D eigenvalue weighted by molar-refractivity contribution is 0.103. The van der Waals surface area contributed by atoms with Crippen molar-refractivity contribution >= 4 is 49.5 Å². The number of nitrogens with zero attached hydrogens (tertiary/aromatic N) is 2. The van der Waals surface area contributed by atoms with Gasteiger partial charge >= 0.3 is 0 Å². The van der Waals surface area contributed by atoms with E-state index in [0.29, 0.717) is 15.6 Å². The van der Waals surface area contributed by atoms with Crippen LogP contribution in [0.25, 0.3) is 9.40 Å². The smallest absolute Gasteiger partial charge is 0.222 e. The van der Waals surface area contributed by atoms with E-state index in [1.807, 2.05) is 17.5 Å². The Morgan fingerprint density at radius 2 is 2.29 bits per heavy atom. The van der Waals surface area contributed by atoms with Crippen molar-refractivity contribution in [3.8, 4) is 0 Å². The summed E-state index contributed by atoms with van der Waals surface area (Å²) >= 11 is 9.09. The van der Waals surface area contributed by atoms with Gasteiger partial charge in [0, 0.05) is 16.4 Å². The van der Waals surface area contributed by atoms with Gasteiger partial charge in [-0.3, -0.25) is 9.48 Å². The molecule has 0 saturated heterocycles. The molecule has 3 nitrogen and oxygen atoms in total. The fourth-order valence-corrected chi connectivity index (χ4v) is 3.96. The predicted octanol–water partition coefficient (Wildman–Crippen LogP) is 3.58. The van der Waals surface area contributed by atoms with Crippen LogP contribution in [0.4, 0.5) is 0 Å². The Morgan fingerprint density at radius 3 is 2.94 bits per heavy atom. The first-order valence-corrected chi connectivity index (χ1v) is 6.93. The molecule has 3 aromatic rings. The highest BCUT2D eigenvalue weighted by Gasteiger charge is 2.19. The Morgan fingerprint density at radius 1 is 1.47 bits per heavy atom. The SMILES string of the molecule is Cn1ncc(Cl)c1C(=O)c1cc2sccc2s1. The monoisotopic (exact) mass is 282 g/mol. The van der Waals surface area contributed by atoms with Crippen LogP contribution >= 0.6 is 34.3 Å². The lowest BCUT2D eigenvalue weighted by Gasteiger charge is -1.98. The number of rotatable bonds is 2. The van der Waals surface area contributed by atoms with Crippen LogP contribution in [0.3, 0.4) is 0 Å². The molecule has 0 aliphatic carbocycles. The van der Waals surface area contributed by atoms with Crippen molar-refractivity contribution in [2.45, 2.75) is 0 Å². The fourth-order valence-electron chi connectivity index (χ4n) is 1.66. The van der Waals surface area contributed by atoms with Crippen LogP contribution in [-0.4, -0.2) is 15.6 Å². The zero-order valence-electron chi connectivity index (χ0n) is 8.81. The maximum absolute atomic E-state index is 12.3. The maximum atomic E-state index is 12.3. The molecule has 0 unspecified atom stereocenters. The topological polar surface area (TPSA) is 34.9 Å². The molecule has 3 aromatic heterocycles. The number of carbonyl (C=O) groups excluding carboxylic acids is 1. The van der Waals surface area contributed by atoms with Crippen LogP contribution in [0, 0.1) is 0 Å². The summed E-state index contributed by atoms with van der Waals surface area (Å²) in [6.07, 6.45) is 1.49. The third kappa shape index (κ3) is 1.71. The molecule has 0 aromatic carbocycles. The van der Waals surface area contributed by atoms with Crippen molar-refractivity contribution in [2.24, 2.45) is 7.05 Å². The molecular weight excluding hydrogens is 276 g/mol. The van der Waals surface area contributed by atoms with Gasteiger partial charge in [-0.2, -0.15) is 5.10 Å². The maximum Gasteiger partial charge on any atom is 0.222 e. The second-order valence-electron chi connectivity index (χ2n) is 3.55. The molecule has 6 heteroatoms. The molecule has 0 spiro atoms. The Hall–Kier alpha value is -1.17. The number of ketones is 1. The molecule has 0 amide bonds. The van der Waals surface area contributed by atoms with E-state index in [0.717, 1.165) is 9.40 Å². The predicted molar refractivity (Wildman–Crippen MR) is 71.4 cm³/mol. The van der Waals surface area contributed by atoms with Gasteiger partial charge in [-0.1, -0.05) is 11.6 Å². The normalized spacial score (nSPS) is 11.2. The number of hydrogen-bond donors (Lipinski definition) is 0. The van der Waals surface area contributed by atoms with Crippen LogP contribution in [0.1, 0.15) is 15.4 Å². The Labute approximate surface area is 110 Å². The van der Waals surface area contributed by atoms with Crippen molar-refractivity contribution in [3.63, 3.8) is 0 Å². The zero-order chi connectivity index (χ0) is 12.0. The summed E-state index contributed by atoms with van der Waals surface area (Å²) in [5.41, 5.74) is 0.445. The number of fused-ring (bicyclic) bond motifs is 1. The van der Waals surface area contributed by atoms with Gasteiger partial charge in [0.15, 0.2) is 0 Å². The van der Waals surface area contributed by atoms with Crippen molar-refractivity contribution < 1.29 is 4.79 Å². The van der Waals surface area contributed by atoms with E-state index in [1.54, 1.807) is 18.4 Å². The first-order chi connectivity index (χ1) is 8.16. The first kappa shape index (κ1) is 11.0. The molecule has 0 fully saturated rings. The van der Waals surface area contributed by atoms with Gasteiger partial charge in [0.1, 0.15) is 5.69 Å². The Balaban J connectivity index is 2.11. The minimum Gasteiger partial charge on any atom is -0.286 e. The second-order valence-corrected chi connectivity index (χ2v) is 5.99. The lowest BCUT2D eigenvalue weighted by Crippen LogP contribution is -2.07. The number of halogens is 1. The minimum atomic E-state index is -0.0663. The van der Waals surface area contributed by atoms with Crippen molar-refractivity contribution in [1.82, 2.24) is 9.78 Å². The Kier molecular flexibility index (Phi) is 2.54. The van der Waals surface area contributed by atoms with Crippen LogP contribution in [0.2, 0.25) is 5.02 Å². The van der Waals surface area contributed by atoms with E-state index < -0.39 is 0 Å². The van der Waals surface area contributed by atoms with Gasteiger partial charge < -0.3 is 0 Å². The summed E-state index contributed by atoms with van der Waals surface area (Å²) in [6.45, 7) is 0. The van der Waals surface area contributed by atoms with E-state index in [1.165, 1.54) is 22.2 Å². The number of aryl methyl sites for hydroxylation is 1. The minimum absolute atomic E-state index is 0.0663. The average Bonchev–Trinajstić information content (AvgIpc) is 2.92. The molecule has 0 aliphatic heterocycles. The third-order valence-corrected chi connectivity index (χ3v) is 4.84. The lowest BCUT2D eigenvalue weighted by atomic mass is 10.2. The number of thiophene rings is 2. The van der Waals surface area contributed by atoms with Crippen LogP contribution in [0.15, 0.2) is 23.7 Å². The highest BCUT2D eigenvalue weighted by Crippen LogP contribution is 2.32. The number of hydrogen-bond acceptors (Lipinski definition) is 4. The van der Waals surface area contributed by atoms with Crippen molar-refractivity contribution in [3.05, 3.63) is 39.3 Å². The van der Waals surface area contributed by atoms with Crippen LogP contribution in [0.5, 0.6) is 0 Å².